The molecular formula is C12H11IN2O2S. The lowest BCUT2D eigenvalue weighted by Gasteiger charge is -2.05. The molecule has 0 spiro atoms. The normalized spacial score (nSPS) is 10.3. The Morgan fingerprint density at radius 1 is 1.56 bits per heavy atom. The van der Waals surface area contributed by atoms with Crippen LogP contribution in [-0.4, -0.2) is 16.0 Å². The molecule has 0 atom stereocenters. The van der Waals surface area contributed by atoms with Crippen LogP contribution in [0.4, 0.5) is 0 Å². The first-order valence-corrected chi connectivity index (χ1v) is 7.20. The molecule has 0 fully saturated rings. The number of nitrogens with zero attached hydrogens (tertiary/aromatic N) is 1. The van der Waals surface area contributed by atoms with E-state index in [2.05, 4.69) is 32.9 Å². The Morgan fingerprint density at radius 3 is 3.00 bits per heavy atom. The van der Waals surface area contributed by atoms with Crippen molar-refractivity contribution in [1.82, 2.24) is 10.3 Å². The van der Waals surface area contributed by atoms with Gasteiger partial charge in [-0.2, -0.15) is 0 Å². The molecule has 0 aliphatic carbocycles. The van der Waals surface area contributed by atoms with Gasteiger partial charge < -0.3 is 10.4 Å². The highest BCUT2D eigenvalue weighted by atomic mass is 127. The van der Waals surface area contributed by atoms with Crippen LogP contribution in [0.1, 0.15) is 21.1 Å². The van der Waals surface area contributed by atoms with Crippen molar-refractivity contribution in [2.24, 2.45) is 0 Å². The van der Waals surface area contributed by atoms with Gasteiger partial charge in [-0.3, -0.25) is 4.79 Å². The Morgan fingerprint density at radius 2 is 2.33 bits per heavy atom. The number of aryl methyl sites for hydroxylation is 1. The van der Waals surface area contributed by atoms with Gasteiger partial charge in [0.2, 0.25) is 0 Å². The van der Waals surface area contributed by atoms with Gasteiger partial charge in [-0.1, -0.05) is 0 Å². The van der Waals surface area contributed by atoms with Crippen LogP contribution in [0, 0.1) is 10.5 Å². The molecule has 0 bridgehead atoms. The van der Waals surface area contributed by atoms with Gasteiger partial charge in [-0.05, 0) is 47.7 Å². The highest BCUT2D eigenvalue weighted by Crippen LogP contribution is 2.19. The summed E-state index contributed by atoms with van der Waals surface area (Å²) in [6.07, 6.45) is 0. The number of amides is 1. The molecule has 0 saturated carbocycles. The van der Waals surface area contributed by atoms with E-state index < -0.39 is 0 Å². The van der Waals surface area contributed by atoms with E-state index in [-0.39, 0.29) is 17.2 Å². The van der Waals surface area contributed by atoms with E-state index in [1.807, 2.05) is 12.3 Å². The summed E-state index contributed by atoms with van der Waals surface area (Å²) < 4.78 is 0.903. The Kier molecular flexibility index (Phi) is 4.18. The van der Waals surface area contributed by atoms with Crippen molar-refractivity contribution in [2.45, 2.75) is 13.5 Å². The van der Waals surface area contributed by atoms with Crippen LogP contribution in [0.5, 0.6) is 5.75 Å². The smallest absolute Gasteiger partial charge is 0.255 e. The zero-order chi connectivity index (χ0) is 13.1. The highest BCUT2D eigenvalue weighted by Gasteiger charge is 2.11. The molecule has 0 unspecified atom stereocenters. The number of halogens is 1. The zero-order valence-electron chi connectivity index (χ0n) is 9.61. The van der Waals surface area contributed by atoms with Crippen molar-refractivity contribution in [3.8, 4) is 5.75 Å². The monoisotopic (exact) mass is 374 g/mol. The number of aromatic hydroxyl groups is 1. The number of benzene rings is 1. The lowest BCUT2D eigenvalue weighted by Crippen LogP contribution is -2.22. The van der Waals surface area contributed by atoms with E-state index in [9.17, 15) is 9.90 Å². The van der Waals surface area contributed by atoms with Gasteiger partial charge in [0.25, 0.3) is 5.91 Å². The predicted octanol–water partition coefficient (Wildman–Crippen LogP) is 2.69. The minimum atomic E-state index is -0.293. The summed E-state index contributed by atoms with van der Waals surface area (Å²) >= 11 is 3.60. The summed E-state index contributed by atoms with van der Waals surface area (Å²) in [5.74, 6) is -0.304. The number of nitrogens with one attached hydrogen (secondary N) is 1. The second-order valence-corrected chi connectivity index (χ2v) is 5.92. The summed E-state index contributed by atoms with van der Waals surface area (Å²) in [6, 6.07) is 4.92. The Labute approximate surface area is 122 Å². The maximum absolute atomic E-state index is 11.9. The fourth-order valence-corrected chi connectivity index (χ4v) is 2.63. The van der Waals surface area contributed by atoms with Gasteiger partial charge in [-0.15, -0.1) is 11.3 Å². The van der Waals surface area contributed by atoms with Gasteiger partial charge in [0.05, 0.1) is 12.1 Å². The first-order valence-electron chi connectivity index (χ1n) is 5.24. The average Bonchev–Trinajstić information content (AvgIpc) is 2.75. The number of phenols is 1. The van der Waals surface area contributed by atoms with Crippen LogP contribution in [0.15, 0.2) is 23.6 Å². The van der Waals surface area contributed by atoms with E-state index >= 15 is 0 Å². The summed E-state index contributed by atoms with van der Waals surface area (Å²) in [4.78, 5) is 16.2. The highest BCUT2D eigenvalue weighted by molar-refractivity contribution is 14.1. The Balaban J connectivity index is 2.05. The summed E-state index contributed by atoms with van der Waals surface area (Å²) in [5, 5.41) is 15.2. The summed E-state index contributed by atoms with van der Waals surface area (Å²) in [5.41, 5.74) is 1.23. The third-order valence-corrected chi connectivity index (χ3v) is 3.91. The third kappa shape index (κ3) is 3.20. The molecule has 2 aromatic rings. The van der Waals surface area contributed by atoms with Crippen LogP contribution in [0.25, 0.3) is 0 Å². The number of phenolic OH excluding ortho intramolecular Hbond substituents is 1. The van der Waals surface area contributed by atoms with E-state index in [0.29, 0.717) is 6.54 Å². The first-order chi connectivity index (χ1) is 8.56. The van der Waals surface area contributed by atoms with Gasteiger partial charge in [-0.25, -0.2) is 4.98 Å². The predicted molar refractivity (Wildman–Crippen MR) is 78.8 cm³/mol. The van der Waals surface area contributed by atoms with Crippen LogP contribution >= 0.6 is 33.9 Å². The molecule has 18 heavy (non-hydrogen) atoms. The second kappa shape index (κ2) is 5.66. The molecule has 0 aliphatic heterocycles. The molecule has 2 rings (SSSR count). The van der Waals surface area contributed by atoms with Gasteiger partial charge >= 0.3 is 0 Å². The fourth-order valence-electron chi connectivity index (χ4n) is 1.43. The maximum atomic E-state index is 11.9. The van der Waals surface area contributed by atoms with E-state index in [1.54, 1.807) is 12.1 Å². The first kappa shape index (κ1) is 13.3. The van der Waals surface area contributed by atoms with Gasteiger partial charge in [0.15, 0.2) is 0 Å². The largest absolute Gasteiger partial charge is 0.507 e. The summed E-state index contributed by atoms with van der Waals surface area (Å²) in [6.45, 7) is 2.29. The number of aromatic nitrogens is 1. The van der Waals surface area contributed by atoms with Crippen LogP contribution in [0.2, 0.25) is 0 Å². The topological polar surface area (TPSA) is 62.2 Å². The molecule has 6 heteroatoms. The zero-order valence-corrected chi connectivity index (χ0v) is 12.6. The molecule has 1 aromatic heterocycles. The maximum Gasteiger partial charge on any atom is 0.255 e. The van der Waals surface area contributed by atoms with E-state index in [1.165, 1.54) is 17.4 Å². The van der Waals surface area contributed by atoms with Crippen molar-refractivity contribution in [1.29, 1.82) is 0 Å². The van der Waals surface area contributed by atoms with Crippen molar-refractivity contribution < 1.29 is 9.90 Å². The lowest BCUT2D eigenvalue weighted by molar-refractivity contribution is 0.0948. The Hall–Kier alpha value is -1.15. The molecule has 4 nitrogen and oxygen atoms in total. The number of hydrogen-bond acceptors (Lipinski definition) is 4. The second-order valence-electron chi connectivity index (χ2n) is 3.73. The standard InChI is InChI=1S/C12H11IN2O2S/c1-7-6-18-11(15-7)5-14-12(17)9-4-8(13)2-3-10(9)16/h2-4,6,16H,5H2,1H3,(H,14,17). The van der Waals surface area contributed by atoms with Crippen molar-refractivity contribution in [3.05, 3.63) is 43.4 Å². The molecular weight excluding hydrogens is 363 g/mol. The van der Waals surface area contributed by atoms with E-state index in [4.69, 9.17) is 0 Å². The number of carbonyl (C=O) groups is 1. The number of hydrogen-bond donors (Lipinski definition) is 2. The van der Waals surface area contributed by atoms with Crippen molar-refractivity contribution in [2.75, 3.05) is 0 Å². The quantitative estimate of drug-likeness (QED) is 0.813. The van der Waals surface area contributed by atoms with Crippen molar-refractivity contribution in [3.63, 3.8) is 0 Å². The third-order valence-electron chi connectivity index (χ3n) is 2.27. The van der Waals surface area contributed by atoms with Gasteiger partial charge in [0.1, 0.15) is 10.8 Å². The van der Waals surface area contributed by atoms with Crippen molar-refractivity contribution >= 4 is 39.8 Å². The molecule has 94 valence electrons. The van der Waals surface area contributed by atoms with Crippen LogP contribution in [0.3, 0.4) is 0 Å². The lowest BCUT2D eigenvalue weighted by atomic mass is 10.2. The van der Waals surface area contributed by atoms with Gasteiger partial charge in [0, 0.05) is 14.6 Å². The minimum Gasteiger partial charge on any atom is -0.507 e. The average molecular weight is 374 g/mol. The summed E-state index contributed by atoms with van der Waals surface area (Å²) in [7, 11) is 0. The molecule has 1 heterocycles. The molecule has 1 aromatic carbocycles. The number of carbonyl (C=O) groups excluding carboxylic acids is 1. The Bertz CT molecular complexity index is 583. The molecule has 0 radical (unpaired) electrons. The minimum absolute atomic E-state index is 0.0109. The number of thiazole rings is 1. The number of rotatable bonds is 3. The molecule has 0 saturated heterocycles. The molecule has 0 aliphatic rings. The molecule has 1 amide bonds. The fraction of sp³-hybridized carbons (Fsp3) is 0.167. The van der Waals surface area contributed by atoms with Crippen LogP contribution < -0.4 is 5.32 Å². The SMILES string of the molecule is Cc1csc(CNC(=O)c2cc(I)ccc2O)n1. The molecule has 2 N–H and O–H groups in total. The van der Waals surface area contributed by atoms with Crippen LogP contribution in [-0.2, 0) is 6.54 Å². The van der Waals surface area contributed by atoms with E-state index in [0.717, 1.165) is 14.3 Å².